The van der Waals surface area contributed by atoms with Crippen LogP contribution in [0.4, 0.5) is 0 Å². The van der Waals surface area contributed by atoms with Gasteiger partial charge in [0, 0.05) is 12.8 Å². The molecular formula is C7H12NO4P. The van der Waals surface area contributed by atoms with Crippen molar-refractivity contribution in [3.05, 3.63) is 0 Å². The van der Waals surface area contributed by atoms with E-state index in [-0.39, 0.29) is 6.42 Å². The number of rotatable bonds is 6. The Morgan fingerprint density at radius 1 is 1.38 bits per heavy atom. The molecule has 74 valence electrons. The highest BCUT2D eigenvalue weighted by Crippen LogP contribution is 2.34. The van der Waals surface area contributed by atoms with E-state index in [1.165, 1.54) is 0 Å². The molecule has 0 unspecified atom stereocenters. The minimum atomic E-state index is -4.19. The molecule has 0 saturated heterocycles. The van der Waals surface area contributed by atoms with E-state index >= 15 is 0 Å². The van der Waals surface area contributed by atoms with Crippen LogP contribution in [-0.4, -0.2) is 21.7 Å². The second-order valence-electron chi connectivity index (χ2n) is 2.73. The molecule has 2 N–H and O–H groups in total. The average Bonchev–Trinajstić information content (AvgIpc) is 1.94. The van der Waals surface area contributed by atoms with Crippen molar-refractivity contribution in [1.82, 2.24) is 0 Å². The Bertz CT molecular complexity index is 252. The van der Waals surface area contributed by atoms with Crippen molar-refractivity contribution in [2.75, 3.05) is 6.16 Å². The maximum atomic E-state index is 10.8. The zero-order valence-corrected chi connectivity index (χ0v) is 8.04. The fourth-order valence-corrected chi connectivity index (χ4v) is 1.45. The predicted molar refractivity (Wildman–Crippen MR) is 46.0 cm³/mol. The van der Waals surface area contributed by atoms with Gasteiger partial charge in [-0.2, -0.15) is 5.26 Å². The first-order valence-electron chi connectivity index (χ1n) is 3.89. The molecule has 0 aromatic heterocycles. The summed E-state index contributed by atoms with van der Waals surface area (Å²) in [6.45, 7) is 0. The quantitative estimate of drug-likeness (QED) is 0.494. The number of ketones is 1. The SMILES string of the molecule is N#CCCCCC(=O)CP(=O)(O)O. The van der Waals surface area contributed by atoms with Crippen LogP contribution >= 0.6 is 7.60 Å². The highest BCUT2D eigenvalue weighted by Gasteiger charge is 2.17. The summed E-state index contributed by atoms with van der Waals surface area (Å²) >= 11 is 0. The van der Waals surface area contributed by atoms with Crippen molar-refractivity contribution >= 4 is 13.4 Å². The Balaban J connectivity index is 3.54. The van der Waals surface area contributed by atoms with Crippen LogP contribution in [0.5, 0.6) is 0 Å². The van der Waals surface area contributed by atoms with Gasteiger partial charge in [-0.1, -0.05) is 0 Å². The van der Waals surface area contributed by atoms with Crippen LogP contribution in [0.1, 0.15) is 25.7 Å². The highest BCUT2D eigenvalue weighted by molar-refractivity contribution is 7.52. The van der Waals surface area contributed by atoms with Crippen molar-refractivity contribution in [3.63, 3.8) is 0 Å². The van der Waals surface area contributed by atoms with Crippen molar-refractivity contribution in [1.29, 1.82) is 5.26 Å². The Morgan fingerprint density at radius 2 is 2.00 bits per heavy atom. The van der Waals surface area contributed by atoms with Gasteiger partial charge in [-0.3, -0.25) is 9.36 Å². The number of carbonyl (C=O) groups excluding carboxylic acids is 1. The predicted octanol–water partition coefficient (Wildman–Crippen LogP) is 0.817. The summed E-state index contributed by atoms with van der Waals surface area (Å²) in [6.07, 6.45) is 0.964. The fourth-order valence-electron chi connectivity index (χ4n) is 0.835. The molecule has 0 radical (unpaired) electrons. The number of hydrogen-bond donors (Lipinski definition) is 2. The second kappa shape index (κ2) is 5.87. The molecule has 0 atom stereocenters. The van der Waals surface area contributed by atoms with Crippen LogP contribution in [0.2, 0.25) is 0 Å². The molecule has 13 heavy (non-hydrogen) atoms. The first-order chi connectivity index (χ1) is 5.95. The first kappa shape index (κ1) is 12.3. The number of hydrogen-bond acceptors (Lipinski definition) is 3. The number of nitrogens with zero attached hydrogens (tertiary/aromatic N) is 1. The van der Waals surface area contributed by atoms with Gasteiger partial charge in [-0.05, 0) is 12.8 Å². The largest absolute Gasteiger partial charge is 0.332 e. The number of carbonyl (C=O) groups is 1. The summed E-state index contributed by atoms with van der Waals surface area (Å²) in [4.78, 5) is 27.7. The number of unbranched alkanes of at least 4 members (excludes halogenated alkanes) is 2. The van der Waals surface area contributed by atoms with Crippen LogP contribution in [0.25, 0.3) is 0 Å². The van der Waals surface area contributed by atoms with Gasteiger partial charge in [0.05, 0.1) is 6.07 Å². The van der Waals surface area contributed by atoms with Crippen LogP contribution in [0.3, 0.4) is 0 Å². The molecule has 0 fully saturated rings. The molecule has 0 rings (SSSR count). The third-order valence-corrected chi connectivity index (χ3v) is 2.14. The minimum absolute atomic E-state index is 0.146. The second-order valence-corrected chi connectivity index (χ2v) is 4.37. The van der Waals surface area contributed by atoms with Crippen LogP contribution < -0.4 is 0 Å². The molecule has 0 spiro atoms. The van der Waals surface area contributed by atoms with E-state index in [0.717, 1.165) is 0 Å². The van der Waals surface area contributed by atoms with Crippen molar-refractivity contribution < 1.29 is 19.1 Å². The van der Waals surface area contributed by atoms with E-state index in [9.17, 15) is 9.36 Å². The molecule has 5 nitrogen and oxygen atoms in total. The Labute approximate surface area is 76.5 Å². The number of Topliss-reactive ketones (excluding diaryl/α,β-unsaturated/α-hetero) is 1. The van der Waals surface area contributed by atoms with Crippen molar-refractivity contribution in [3.8, 4) is 6.07 Å². The van der Waals surface area contributed by atoms with Crippen LogP contribution in [-0.2, 0) is 9.36 Å². The normalized spacial score (nSPS) is 10.8. The lowest BCUT2D eigenvalue weighted by molar-refractivity contribution is -0.117. The summed E-state index contributed by atoms with van der Waals surface area (Å²) in [6, 6.07) is 1.92. The summed E-state index contributed by atoms with van der Waals surface area (Å²) < 4.78 is 10.4. The van der Waals surface area contributed by atoms with Crippen LogP contribution in [0, 0.1) is 11.3 Å². The van der Waals surface area contributed by atoms with E-state index < -0.39 is 19.5 Å². The van der Waals surface area contributed by atoms with Gasteiger partial charge in [0.15, 0.2) is 0 Å². The molecule has 0 aromatic rings. The summed E-state index contributed by atoms with van der Waals surface area (Å²) in [7, 11) is -4.19. The summed E-state index contributed by atoms with van der Waals surface area (Å²) in [5, 5.41) is 8.16. The van der Waals surface area contributed by atoms with E-state index in [1.54, 1.807) is 0 Å². The van der Waals surface area contributed by atoms with Gasteiger partial charge in [-0.15, -0.1) is 0 Å². The monoisotopic (exact) mass is 205 g/mol. The molecule has 0 aliphatic rings. The highest BCUT2D eigenvalue weighted by atomic mass is 31.2. The zero-order valence-electron chi connectivity index (χ0n) is 7.14. The molecule has 0 aromatic carbocycles. The first-order valence-corrected chi connectivity index (χ1v) is 5.68. The fraction of sp³-hybridized carbons (Fsp3) is 0.714. The standard InChI is InChI=1S/C7H12NO4P/c8-5-3-1-2-4-7(9)6-13(10,11)12/h1-4,6H2,(H2,10,11,12). The molecule has 0 amide bonds. The third kappa shape index (κ3) is 9.22. The van der Waals surface area contributed by atoms with Gasteiger partial charge < -0.3 is 9.79 Å². The molecule has 0 aliphatic carbocycles. The van der Waals surface area contributed by atoms with E-state index in [1.807, 2.05) is 6.07 Å². The van der Waals surface area contributed by atoms with Gasteiger partial charge in [0.1, 0.15) is 11.9 Å². The lowest BCUT2D eigenvalue weighted by Crippen LogP contribution is -2.04. The summed E-state index contributed by atoms with van der Waals surface area (Å²) in [5.74, 6) is -0.439. The molecule has 0 aliphatic heterocycles. The Kier molecular flexibility index (Phi) is 5.56. The molecular weight excluding hydrogens is 193 g/mol. The maximum Gasteiger partial charge on any atom is 0.332 e. The minimum Gasteiger partial charge on any atom is -0.324 e. The van der Waals surface area contributed by atoms with E-state index in [2.05, 4.69) is 0 Å². The third-order valence-electron chi connectivity index (χ3n) is 1.38. The molecule has 6 heteroatoms. The van der Waals surface area contributed by atoms with Gasteiger partial charge in [-0.25, -0.2) is 0 Å². The van der Waals surface area contributed by atoms with Crippen LogP contribution in [0.15, 0.2) is 0 Å². The van der Waals surface area contributed by atoms with E-state index in [4.69, 9.17) is 15.0 Å². The van der Waals surface area contributed by atoms with Crippen molar-refractivity contribution in [2.45, 2.75) is 25.7 Å². The van der Waals surface area contributed by atoms with Gasteiger partial charge in [0.2, 0.25) is 0 Å². The topological polar surface area (TPSA) is 98.4 Å². The molecule has 0 bridgehead atoms. The lowest BCUT2D eigenvalue weighted by Gasteiger charge is -2.01. The zero-order chi connectivity index (χ0) is 10.3. The average molecular weight is 205 g/mol. The maximum absolute atomic E-state index is 10.8. The lowest BCUT2D eigenvalue weighted by atomic mass is 10.1. The van der Waals surface area contributed by atoms with Gasteiger partial charge in [0.25, 0.3) is 0 Å². The van der Waals surface area contributed by atoms with Gasteiger partial charge >= 0.3 is 7.60 Å². The Hall–Kier alpha value is -0.690. The van der Waals surface area contributed by atoms with E-state index in [0.29, 0.717) is 19.3 Å². The molecule has 0 saturated carbocycles. The molecule has 0 heterocycles. The summed E-state index contributed by atoms with van der Waals surface area (Å²) in [5.41, 5.74) is 0. The smallest absolute Gasteiger partial charge is 0.324 e. The number of nitriles is 1. The Morgan fingerprint density at radius 3 is 2.46 bits per heavy atom. The van der Waals surface area contributed by atoms with Crippen molar-refractivity contribution in [2.24, 2.45) is 0 Å².